The molecule has 0 aromatic heterocycles. The van der Waals surface area contributed by atoms with Crippen molar-refractivity contribution in [3.8, 4) is 5.75 Å². The van der Waals surface area contributed by atoms with Crippen LogP contribution in [0.4, 0.5) is 0 Å². The lowest BCUT2D eigenvalue weighted by Crippen LogP contribution is -2.35. The molecule has 3 aromatic carbocycles. The number of hydrogen-bond donors (Lipinski definition) is 0. The molecule has 0 aliphatic carbocycles. The number of nitrogens with zero attached hydrogens (tertiary/aromatic N) is 1. The Labute approximate surface area is 190 Å². The first-order chi connectivity index (χ1) is 15.2. The van der Waals surface area contributed by atoms with Crippen LogP contribution in [0.15, 0.2) is 78.9 Å². The fraction of sp³-hybridized carbons (Fsp3) is 0.333. The van der Waals surface area contributed by atoms with E-state index in [0.717, 1.165) is 42.5 Å². The molecule has 0 spiro atoms. The second-order valence-electron chi connectivity index (χ2n) is 8.11. The van der Waals surface area contributed by atoms with Crippen LogP contribution in [0.2, 0.25) is 5.02 Å². The van der Waals surface area contributed by atoms with Crippen LogP contribution in [-0.2, 0) is 11.2 Å². The van der Waals surface area contributed by atoms with Crippen molar-refractivity contribution in [2.45, 2.75) is 31.4 Å². The fourth-order valence-corrected chi connectivity index (χ4v) is 4.43. The van der Waals surface area contributed by atoms with Crippen LogP contribution in [0.25, 0.3) is 0 Å². The van der Waals surface area contributed by atoms with Crippen molar-refractivity contribution in [2.75, 3.05) is 26.8 Å². The monoisotopic (exact) mass is 435 g/mol. The molecule has 3 aromatic rings. The van der Waals surface area contributed by atoms with E-state index in [0.29, 0.717) is 6.04 Å². The van der Waals surface area contributed by atoms with Crippen molar-refractivity contribution in [3.63, 3.8) is 0 Å². The molecule has 4 heteroatoms. The van der Waals surface area contributed by atoms with Crippen molar-refractivity contribution in [1.29, 1.82) is 0 Å². The molecule has 0 N–H and O–H groups in total. The third kappa shape index (κ3) is 5.88. The fourth-order valence-electron chi connectivity index (χ4n) is 4.30. The summed E-state index contributed by atoms with van der Waals surface area (Å²) in [6, 6.07) is 27.3. The Hall–Kier alpha value is -2.33. The van der Waals surface area contributed by atoms with Crippen molar-refractivity contribution in [1.82, 2.24) is 4.90 Å². The number of methoxy groups -OCH3 is 1. The van der Waals surface area contributed by atoms with Crippen molar-refractivity contribution in [3.05, 3.63) is 101 Å². The first kappa shape index (κ1) is 21.9. The van der Waals surface area contributed by atoms with Gasteiger partial charge in [-0.2, -0.15) is 0 Å². The summed E-state index contributed by atoms with van der Waals surface area (Å²) in [5, 5.41) is 0.746. The molecule has 1 saturated heterocycles. The molecule has 2 atom stereocenters. The summed E-state index contributed by atoms with van der Waals surface area (Å²) in [6.45, 7) is 2.92. The minimum absolute atomic E-state index is 0.0810. The number of rotatable bonds is 9. The highest BCUT2D eigenvalue weighted by Gasteiger charge is 2.26. The van der Waals surface area contributed by atoms with Gasteiger partial charge in [-0.3, -0.25) is 4.90 Å². The lowest BCUT2D eigenvalue weighted by molar-refractivity contribution is 0.0381. The molecule has 31 heavy (non-hydrogen) atoms. The first-order valence-electron chi connectivity index (χ1n) is 11.0. The summed E-state index contributed by atoms with van der Waals surface area (Å²) >= 11 is 6.11. The van der Waals surface area contributed by atoms with Crippen molar-refractivity contribution in [2.24, 2.45) is 0 Å². The second kappa shape index (κ2) is 10.8. The Morgan fingerprint density at radius 1 is 0.935 bits per heavy atom. The van der Waals surface area contributed by atoms with Gasteiger partial charge in [-0.05, 0) is 66.8 Å². The molecule has 1 unspecified atom stereocenters. The van der Waals surface area contributed by atoms with Crippen LogP contribution in [0, 0.1) is 0 Å². The van der Waals surface area contributed by atoms with Gasteiger partial charge in [0, 0.05) is 17.6 Å². The van der Waals surface area contributed by atoms with Gasteiger partial charge in [0.1, 0.15) is 11.9 Å². The van der Waals surface area contributed by atoms with Gasteiger partial charge in [-0.1, -0.05) is 66.2 Å². The molecule has 1 fully saturated rings. The van der Waals surface area contributed by atoms with E-state index in [1.807, 2.05) is 30.3 Å². The van der Waals surface area contributed by atoms with Crippen molar-refractivity contribution >= 4 is 11.6 Å². The van der Waals surface area contributed by atoms with Crippen molar-refractivity contribution < 1.29 is 9.47 Å². The molecule has 162 valence electrons. The zero-order chi connectivity index (χ0) is 21.5. The van der Waals surface area contributed by atoms with E-state index in [1.165, 1.54) is 24.0 Å². The quantitative estimate of drug-likeness (QED) is 0.401. The van der Waals surface area contributed by atoms with Crippen LogP contribution >= 0.6 is 11.6 Å². The summed E-state index contributed by atoms with van der Waals surface area (Å²) in [7, 11) is 1.70. The normalized spacial score (nSPS) is 17.5. The number of halogens is 1. The summed E-state index contributed by atoms with van der Waals surface area (Å²) in [6.07, 6.45) is 3.38. The topological polar surface area (TPSA) is 21.7 Å². The molecule has 0 radical (unpaired) electrons. The maximum absolute atomic E-state index is 6.55. The number of likely N-dealkylation sites (tertiary alicyclic amines) is 1. The maximum Gasteiger partial charge on any atom is 0.118 e. The summed E-state index contributed by atoms with van der Waals surface area (Å²) in [4.78, 5) is 2.58. The number of ether oxygens (including phenoxy) is 2. The van der Waals surface area contributed by atoms with Crippen LogP contribution in [-0.4, -0.2) is 37.7 Å². The zero-order valence-electron chi connectivity index (χ0n) is 18.0. The van der Waals surface area contributed by atoms with Crippen LogP contribution < -0.4 is 4.74 Å². The van der Waals surface area contributed by atoms with E-state index in [1.54, 1.807) is 7.11 Å². The minimum Gasteiger partial charge on any atom is -0.497 e. The number of benzene rings is 3. The average Bonchev–Trinajstić information content (AvgIpc) is 3.27. The molecule has 1 aliphatic rings. The highest BCUT2D eigenvalue weighted by Crippen LogP contribution is 2.29. The molecule has 1 aliphatic heterocycles. The van der Waals surface area contributed by atoms with E-state index in [9.17, 15) is 0 Å². The van der Waals surface area contributed by atoms with E-state index < -0.39 is 0 Å². The van der Waals surface area contributed by atoms with Gasteiger partial charge in [0.15, 0.2) is 0 Å². The van der Waals surface area contributed by atoms with Crippen LogP contribution in [0.1, 0.15) is 35.6 Å². The highest BCUT2D eigenvalue weighted by atomic mass is 35.5. The van der Waals surface area contributed by atoms with E-state index in [4.69, 9.17) is 21.1 Å². The molecule has 0 amide bonds. The summed E-state index contributed by atoms with van der Waals surface area (Å²) in [5.41, 5.74) is 3.65. The van der Waals surface area contributed by atoms with Gasteiger partial charge in [-0.25, -0.2) is 0 Å². The second-order valence-corrected chi connectivity index (χ2v) is 8.54. The van der Waals surface area contributed by atoms with Gasteiger partial charge in [0.05, 0.1) is 13.7 Å². The predicted octanol–water partition coefficient (Wildman–Crippen LogP) is 6.16. The Kier molecular flexibility index (Phi) is 7.63. The third-order valence-electron chi connectivity index (χ3n) is 6.08. The third-order valence-corrected chi connectivity index (χ3v) is 6.33. The lowest BCUT2D eigenvalue weighted by atomic mass is 10.0. The zero-order valence-corrected chi connectivity index (χ0v) is 18.8. The standard InChI is InChI=1S/C27H30ClNO2/c1-30-26-15-9-21(10-16-26)17-19-29-18-5-8-25(29)20-31-27(22-6-3-2-4-7-22)23-11-13-24(28)14-12-23/h2-4,6-7,9-16,25,27H,5,8,17-20H2,1H3/t25-,27?/m0/s1. The minimum atomic E-state index is -0.0810. The van der Waals surface area contributed by atoms with Gasteiger partial charge >= 0.3 is 0 Å². The van der Waals surface area contributed by atoms with E-state index >= 15 is 0 Å². The Bertz CT molecular complexity index is 928. The largest absolute Gasteiger partial charge is 0.497 e. The van der Waals surface area contributed by atoms with Gasteiger partial charge in [-0.15, -0.1) is 0 Å². The van der Waals surface area contributed by atoms with Gasteiger partial charge in [0.2, 0.25) is 0 Å². The molecular weight excluding hydrogens is 406 g/mol. The SMILES string of the molecule is COc1ccc(CCN2CCC[C@H]2COC(c2ccccc2)c2ccc(Cl)cc2)cc1. The predicted molar refractivity (Wildman–Crippen MR) is 127 cm³/mol. The molecule has 3 nitrogen and oxygen atoms in total. The first-order valence-corrected chi connectivity index (χ1v) is 11.4. The summed E-state index contributed by atoms with van der Waals surface area (Å²) < 4.78 is 11.8. The molecular formula is C27H30ClNO2. The molecule has 1 heterocycles. The summed E-state index contributed by atoms with van der Waals surface area (Å²) in [5.74, 6) is 0.908. The van der Waals surface area contributed by atoms with Gasteiger partial charge in [0.25, 0.3) is 0 Å². The molecule has 0 saturated carbocycles. The average molecular weight is 436 g/mol. The van der Waals surface area contributed by atoms with Gasteiger partial charge < -0.3 is 9.47 Å². The Morgan fingerprint density at radius 3 is 2.35 bits per heavy atom. The van der Waals surface area contributed by atoms with E-state index in [2.05, 4.69) is 53.4 Å². The molecule has 4 rings (SSSR count). The number of hydrogen-bond acceptors (Lipinski definition) is 3. The molecule has 0 bridgehead atoms. The van der Waals surface area contributed by atoms with Crippen LogP contribution in [0.3, 0.4) is 0 Å². The highest BCUT2D eigenvalue weighted by molar-refractivity contribution is 6.30. The smallest absolute Gasteiger partial charge is 0.118 e. The Morgan fingerprint density at radius 2 is 1.65 bits per heavy atom. The van der Waals surface area contributed by atoms with Crippen LogP contribution in [0.5, 0.6) is 5.75 Å². The Balaban J connectivity index is 1.39. The maximum atomic E-state index is 6.55. The lowest BCUT2D eigenvalue weighted by Gasteiger charge is -2.27. The van der Waals surface area contributed by atoms with E-state index in [-0.39, 0.29) is 6.10 Å².